The SMILES string of the molecule is O=C(O)CC(=O)OCC1OC(OC2=Cc3c(O)cc(OC4OC(COC(=O)C=Cc5ccc(O)c(O)c5)C(O)C(O)C4O)cc3OC2c2ccc(O)cc2)C(O)C(O)C1O. The summed E-state index contributed by atoms with van der Waals surface area (Å²) in [6.07, 6.45) is -16.2. The van der Waals surface area contributed by atoms with Crippen LogP contribution in [0, 0.1) is 0 Å². The van der Waals surface area contributed by atoms with E-state index < -0.39 is 117 Å². The number of esters is 2. The Bertz CT molecular complexity index is 2100. The van der Waals surface area contributed by atoms with Gasteiger partial charge in [-0.05, 0) is 42.0 Å². The van der Waals surface area contributed by atoms with Crippen molar-refractivity contribution < 1.29 is 104 Å². The van der Waals surface area contributed by atoms with Crippen LogP contribution in [0.25, 0.3) is 12.2 Å². The van der Waals surface area contributed by atoms with Crippen LogP contribution in [-0.4, -0.2) is 149 Å². The van der Waals surface area contributed by atoms with Gasteiger partial charge in [0.2, 0.25) is 12.6 Å². The molecule has 3 aliphatic rings. The number of rotatable bonds is 13. The van der Waals surface area contributed by atoms with Crippen LogP contribution >= 0.6 is 0 Å². The predicted octanol–water partition coefficient (Wildman–Crippen LogP) is -0.731. The van der Waals surface area contributed by atoms with Gasteiger partial charge in [-0.2, -0.15) is 0 Å². The van der Waals surface area contributed by atoms with Gasteiger partial charge in [0.1, 0.15) is 97.2 Å². The van der Waals surface area contributed by atoms with Crippen LogP contribution in [0.15, 0.2) is 66.4 Å². The average molecular weight is 845 g/mol. The van der Waals surface area contributed by atoms with Gasteiger partial charge >= 0.3 is 17.9 Å². The molecule has 11 atom stereocenters. The number of aliphatic hydroxyl groups is 6. The Morgan fingerprint density at radius 2 is 1.28 bits per heavy atom. The number of aliphatic carboxylic acids is 1. The first-order valence-electron chi connectivity index (χ1n) is 18.0. The van der Waals surface area contributed by atoms with E-state index in [0.29, 0.717) is 11.1 Å². The van der Waals surface area contributed by atoms with E-state index in [4.69, 9.17) is 38.3 Å². The molecule has 0 aromatic heterocycles. The molecule has 21 nitrogen and oxygen atoms in total. The lowest BCUT2D eigenvalue weighted by atomic mass is 9.98. The summed E-state index contributed by atoms with van der Waals surface area (Å²) >= 11 is 0. The molecular weight excluding hydrogens is 804 g/mol. The number of hydrogen-bond acceptors (Lipinski definition) is 20. The van der Waals surface area contributed by atoms with Crippen molar-refractivity contribution in [2.24, 2.45) is 0 Å². The van der Waals surface area contributed by atoms with E-state index >= 15 is 0 Å². The number of phenols is 4. The number of hydrogen-bond donors (Lipinski definition) is 11. The molecule has 21 heteroatoms. The molecule has 3 aromatic rings. The maximum atomic E-state index is 12.4. The van der Waals surface area contributed by atoms with E-state index in [-0.39, 0.29) is 34.3 Å². The Labute approximate surface area is 338 Å². The summed E-state index contributed by atoms with van der Waals surface area (Å²) in [4.78, 5) is 35.0. The molecule has 11 N–H and O–H groups in total. The highest BCUT2D eigenvalue weighted by molar-refractivity contribution is 5.90. The number of carbonyl (C=O) groups is 3. The van der Waals surface area contributed by atoms with E-state index in [2.05, 4.69) is 0 Å². The average Bonchev–Trinajstić information content (AvgIpc) is 3.20. The van der Waals surface area contributed by atoms with Crippen molar-refractivity contribution in [3.8, 4) is 34.5 Å². The summed E-state index contributed by atoms with van der Waals surface area (Å²) in [5.41, 5.74) is 0.647. The number of fused-ring (bicyclic) bond motifs is 1. The molecule has 11 unspecified atom stereocenters. The number of aromatic hydroxyl groups is 4. The Morgan fingerprint density at radius 1 is 0.667 bits per heavy atom. The van der Waals surface area contributed by atoms with Gasteiger partial charge in [0.15, 0.2) is 17.6 Å². The van der Waals surface area contributed by atoms with Crippen LogP contribution in [0.5, 0.6) is 34.5 Å². The molecular formula is C39H40O21. The van der Waals surface area contributed by atoms with Crippen molar-refractivity contribution in [3.05, 3.63) is 83.1 Å². The molecule has 0 radical (unpaired) electrons. The number of phenolic OH excluding ortho intramolecular Hbond substituents is 4. The second-order valence-corrected chi connectivity index (χ2v) is 13.7. The maximum absolute atomic E-state index is 12.4. The van der Waals surface area contributed by atoms with Crippen LogP contribution in [0.2, 0.25) is 0 Å². The molecule has 6 rings (SSSR count). The zero-order valence-electron chi connectivity index (χ0n) is 30.9. The van der Waals surface area contributed by atoms with Crippen LogP contribution in [-0.2, 0) is 38.1 Å². The fraction of sp³-hybridized carbons (Fsp3) is 0.359. The lowest BCUT2D eigenvalue weighted by molar-refractivity contribution is -0.294. The molecule has 0 aliphatic carbocycles. The lowest BCUT2D eigenvalue weighted by Gasteiger charge is -2.41. The first-order chi connectivity index (χ1) is 28.5. The zero-order valence-corrected chi connectivity index (χ0v) is 30.9. The van der Waals surface area contributed by atoms with Gasteiger partial charge in [-0.25, -0.2) is 4.79 Å². The fourth-order valence-corrected chi connectivity index (χ4v) is 6.22. The van der Waals surface area contributed by atoms with Gasteiger partial charge in [-0.1, -0.05) is 18.2 Å². The van der Waals surface area contributed by atoms with Crippen LogP contribution in [0.4, 0.5) is 0 Å². The molecule has 2 saturated heterocycles. The molecule has 0 spiro atoms. The van der Waals surface area contributed by atoms with E-state index in [0.717, 1.165) is 12.1 Å². The molecule has 2 fully saturated rings. The van der Waals surface area contributed by atoms with Crippen LogP contribution < -0.4 is 9.47 Å². The molecule has 3 aromatic carbocycles. The monoisotopic (exact) mass is 844 g/mol. The summed E-state index contributed by atoms with van der Waals surface area (Å²) in [6, 6.07) is 11.7. The number of carbonyl (C=O) groups excluding carboxylic acids is 2. The van der Waals surface area contributed by atoms with Gasteiger partial charge in [-0.15, -0.1) is 0 Å². The zero-order chi connectivity index (χ0) is 43.4. The van der Waals surface area contributed by atoms with Gasteiger partial charge in [0.05, 0.1) is 5.56 Å². The van der Waals surface area contributed by atoms with Crippen molar-refractivity contribution in [2.45, 2.75) is 73.9 Å². The molecule has 0 saturated carbocycles. The standard InChI is InChI=1S/C39H40O21/c40-18-5-3-17(4-6-18)37-25(58-39-36(53)34(51)32(49)27(60-39)15-55-30(47)13-28(44)45)12-20-22(42)10-19(11-24(20)57-37)56-38-35(52)33(50)31(48)26(59-38)14-54-29(46)8-2-16-1-7-21(41)23(43)9-16/h1-12,26-27,31-43,48-53H,13-15H2,(H,44,45). The quantitative estimate of drug-likeness (QED) is 0.0437. The topological polar surface area (TPSA) is 338 Å². The summed E-state index contributed by atoms with van der Waals surface area (Å²) in [7, 11) is 0. The fourth-order valence-electron chi connectivity index (χ4n) is 6.22. The maximum Gasteiger partial charge on any atom is 0.330 e. The Morgan fingerprint density at radius 3 is 1.90 bits per heavy atom. The van der Waals surface area contributed by atoms with Crippen LogP contribution in [0.3, 0.4) is 0 Å². The van der Waals surface area contributed by atoms with E-state index in [9.17, 15) is 65.4 Å². The molecule has 322 valence electrons. The van der Waals surface area contributed by atoms with Gasteiger partial charge in [0, 0.05) is 23.8 Å². The Hall–Kier alpha value is -6.17. The van der Waals surface area contributed by atoms with Crippen LogP contribution in [0.1, 0.15) is 29.2 Å². The van der Waals surface area contributed by atoms with Crippen molar-refractivity contribution in [2.75, 3.05) is 13.2 Å². The number of ether oxygens (including phenoxy) is 7. The van der Waals surface area contributed by atoms with Gasteiger partial charge in [-0.3, -0.25) is 9.59 Å². The Balaban J connectivity index is 1.19. The largest absolute Gasteiger partial charge is 0.508 e. The normalized spacial score (nSPS) is 28.8. The third-order valence-corrected chi connectivity index (χ3v) is 9.43. The molecule has 0 amide bonds. The summed E-state index contributed by atoms with van der Waals surface area (Å²) in [5, 5.41) is 113. The van der Waals surface area contributed by atoms with E-state index in [1.165, 1.54) is 60.7 Å². The number of carboxylic acids is 1. The minimum Gasteiger partial charge on any atom is -0.508 e. The number of benzene rings is 3. The highest BCUT2D eigenvalue weighted by Gasteiger charge is 2.48. The molecule has 60 heavy (non-hydrogen) atoms. The molecule has 3 aliphatic heterocycles. The van der Waals surface area contributed by atoms with E-state index in [1.807, 2.05) is 0 Å². The number of aliphatic hydroxyl groups excluding tert-OH is 6. The third kappa shape index (κ3) is 9.98. The lowest BCUT2D eigenvalue weighted by Crippen LogP contribution is -2.60. The first kappa shape index (κ1) is 43.4. The highest BCUT2D eigenvalue weighted by atomic mass is 16.7. The first-order valence-corrected chi connectivity index (χ1v) is 18.0. The Kier molecular flexibility index (Phi) is 13.3. The predicted molar refractivity (Wildman–Crippen MR) is 196 cm³/mol. The number of carboxylic acid groups (broad SMARTS) is 1. The van der Waals surface area contributed by atoms with Crippen molar-refractivity contribution >= 4 is 30.1 Å². The van der Waals surface area contributed by atoms with Crippen molar-refractivity contribution in [1.29, 1.82) is 0 Å². The minimum atomic E-state index is -1.90. The van der Waals surface area contributed by atoms with Gasteiger partial charge in [0.25, 0.3) is 0 Å². The summed E-state index contributed by atoms with van der Waals surface area (Å²) in [5.74, 6) is -5.37. The summed E-state index contributed by atoms with van der Waals surface area (Å²) in [6.45, 7) is -1.35. The second kappa shape index (κ2) is 18.4. The third-order valence-electron chi connectivity index (χ3n) is 9.43. The second-order valence-electron chi connectivity index (χ2n) is 13.7. The molecule has 0 bridgehead atoms. The van der Waals surface area contributed by atoms with E-state index in [1.54, 1.807) is 0 Å². The van der Waals surface area contributed by atoms with Crippen molar-refractivity contribution in [3.63, 3.8) is 0 Å². The minimum absolute atomic E-state index is 0.0293. The van der Waals surface area contributed by atoms with Crippen molar-refractivity contribution in [1.82, 2.24) is 0 Å². The summed E-state index contributed by atoms with van der Waals surface area (Å²) < 4.78 is 39.2. The highest BCUT2D eigenvalue weighted by Crippen LogP contribution is 2.45. The van der Waals surface area contributed by atoms with Gasteiger partial charge < -0.3 is 89.3 Å². The smallest absolute Gasteiger partial charge is 0.330 e. The molecule has 3 heterocycles.